The van der Waals surface area contributed by atoms with Crippen molar-refractivity contribution in [1.82, 2.24) is 5.32 Å². The number of Topliss-reactive ketones (excluding diaryl/α,β-unsaturated/α-hetero) is 1. The average molecular weight is 263 g/mol. The molecule has 0 aromatic carbocycles. The van der Waals surface area contributed by atoms with Crippen molar-refractivity contribution in [1.29, 1.82) is 0 Å². The second kappa shape index (κ2) is 7.11. The van der Waals surface area contributed by atoms with Gasteiger partial charge in [-0.1, -0.05) is 6.92 Å². The van der Waals surface area contributed by atoms with Crippen LogP contribution in [0.15, 0.2) is 0 Å². The summed E-state index contributed by atoms with van der Waals surface area (Å²) >= 11 is 0. The maximum atomic E-state index is 11.5. The molecule has 102 valence electrons. The maximum Gasteiger partial charge on any atom is 0.150 e. The largest absolute Gasteiger partial charge is 0.312 e. The lowest BCUT2D eigenvalue weighted by atomic mass is 10.1. The standard InChI is InChI=1S/C12H25NO3S/c1-5-17(15,16)10-6-7-11(14)8-9-13-12(2,3)4/h13H,5-10H2,1-4H3. The van der Waals surface area contributed by atoms with E-state index in [4.69, 9.17) is 0 Å². The first kappa shape index (κ1) is 16.6. The van der Waals surface area contributed by atoms with Crippen LogP contribution >= 0.6 is 0 Å². The third-order valence-corrected chi connectivity index (χ3v) is 4.20. The molecule has 0 fully saturated rings. The second-order valence-electron chi connectivity index (χ2n) is 5.31. The molecule has 0 aliphatic carbocycles. The number of carbonyl (C=O) groups excluding carboxylic acids is 1. The molecule has 0 amide bonds. The van der Waals surface area contributed by atoms with Crippen LogP contribution in [0.1, 0.15) is 47.0 Å². The van der Waals surface area contributed by atoms with Gasteiger partial charge in [-0.2, -0.15) is 0 Å². The van der Waals surface area contributed by atoms with Crippen LogP contribution in [0.3, 0.4) is 0 Å². The van der Waals surface area contributed by atoms with Gasteiger partial charge in [-0.05, 0) is 27.2 Å². The minimum Gasteiger partial charge on any atom is -0.312 e. The van der Waals surface area contributed by atoms with Crippen molar-refractivity contribution < 1.29 is 13.2 Å². The molecule has 0 radical (unpaired) electrons. The van der Waals surface area contributed by atoms with E-state index in [0.717, 1.165) is 0 Å². The fraction of sp³-hybridized carbons (Fsp3) is 0.917. The van der Waals surface area contributed by atoms with Crippen molar-refractivity contribution in [3.05, 3.63) is 0 Å². The van der Waals surface area contributed by atoms with E-state index in [1.807, 2.05) is 20.8 Å². The van der Waals surface area contributed by atoms with Gasteiger partial charge in [0.25, 0.3) is 0 Å². The second-order valence-corrected chi connectivity index (χ2v) is 7.78. The zero-order valence-electron chi connectivity index (χ0n) is 11.4. The minimum atomic E-state index is -2.93. The first-order valence-electron chi connectivity index (χ1n) is 6.13. The Hall–Kier alpha value is -0.420. The Morgan fingerprint density at radius 3 is 2.24 bits per heavy atom. The fourth-order valence-corrected chi connectivity index (χ4v) is 2.21. The quantitative estimate of drug-likeness (QED) is 0.721. The first-order chi connectivity index (χ1) is 7.66. The monoisotopic (exact) mass is 263 g/mol. The highest BCUT2D eigenvalue weighted by atomic mass is 32.2. The molecule has 4 nitrogen and oxygen atoms in total. The van der Waals surface area contributed by atoms with E-state index in [9.17, 15) is 13.2 Å². The van der Waals surface area contributed by atoms with Crippen molar-refractivity contribution >= 4 is 15.6 Å². The number of nitrogens with one attached hydrogen (secondary N) is 1. The van der Waals surface area contributed by atoms with Crippen LogP contribution in [-0.2, 0) is 14.6 Å². The third-order valence-electron chi connectivity index (χ3n) is 2.41. The van der Waals surface area contributed by atoms with Crippen LogP contribution in [-0.4, -0.2) is 37.8 Å². The molecule has 0 saturated heterocycles. The Balaban J connectivity index is 3.68. The summed E-state index contributed by atoms with van der Waals surface area (Å²) in [7, 11) is -2.93. The zero-order valence-corrected chi connectivity index (χ0v) is 12.2. The molecule has 1 N–H and O–H groups in total. The van der Waals surface area contributed by atoms with Gasteiger partial charge in [-0.25, -0.2) is 8.42 Å². The summed E-state index contributed by atoms with van der Waals surface area (Å²) in [5.74, 6) is 0.419. The van der Waals surface area contributed by atoms with Crippen molar-refractivity contribution in [2.45, 2.75) is 52.5 Å². The molecule has 0 atom stereocenters. The number of hydrogen-bond acceptors (Lipinski definition) is 4. The van der Waals surface area contributed by atoms with Crippen LogP contribution in [0.25, 0.3) is 0 Å². The van der Waals surface area contributed by atoms with Crippen molar-refractivity contribution in [2.75, 3.05) is 18.1 Å². The third kappa shape index (κ3) is 10.5. The molecule has 5 heteroatoms. The predicted octanol–water partition coefficient (Wildman–Crippen LogP) is 1.55. The molecule has 0 bridgehead atoms. The molecular formula is C12H25NO3S. The van der Waals surface area contributed by atoms with Gasteiger partial charge in [0.05, 0.1) is 5.75 Å². The number of rotatable bonds is 8. The molecule has 17 heavy (non-hydrogen) atoms. The smallest absolute Gasteiger partial charge is 0.150 e. The molecular weight excluding hydrogens is 238 g/mol. The molecule has 0 spiro atoms. The van der Waals surface area contributed by atoms with E-state index in [-0.39, 0.29) is 22.8 Å². The molecule has 0 aromatic rings. The molecule has 0 aliphatic heterocycles. The molecule has 0 aliphatic rings. The average Bonchev–Trinajstić information content (AvgIpc) is 2.15. The first-order valence-corrected chi connectivity index (χ1v) is 7.95. The Morgan fingerprint density at radius 2 is 1.76 bits per heavy atom. The predicted molar refractivity (Wildman–Crippen MR) is 70.9 cm³/mol. The molecule has 0 aromatic heterocycles. The Labute approximate surface area is 105 Å². The van der Waals surface area contributed by atoms with Gasteiger partial charge in [-0.15, -0.1) is 0 Å². The normalized spacial score (nSPS) is 12.7. The van der Waals surface area contributed by atoms with E-state index in [2.05, 4.69) is 5.32 Å². The van der Waals surface area contributed by atoms with Crippen molar-refractivity contribution in [3.8, 4) is 0 Å². The van der Waals surface area contributed by atoms with Gasteiger partial charge >= 0.3 is 0 Å². The topological polar surface area (TPSA) is 63.2 Å². The number of ketones is 1. The summed E-state index contributed by atoms with van der Waals surface area (Å²) in [5, 5.41) is 3.23. The highest BCUT2D eigenvalue weighted by Crippen LogP contribution is 2.02. The van der Waals surface area contributed by atoms with E-state index < -0.39 is 9.84 Å². The zero-order chi connectivity index (χ0) is 13.5. The summed E-state index contributed by atoms with van der Waals surface area (Å²) in [6, 6.07) is 0. The Kier molecular flexibility index (Phi) is 6.94. The maximum absolute atomic E-state index is 11.5. The van der Waals surface area contributed by atoms with Gasteiger partial charge in [0, 0.05) is 30.7 Å². The van der Waals surface area contributed by atoms with Crippen molar-refractivity contribution in [3.63, 3.8) is 0 Å². The Bertz CT molecular complexity index is 328. The lowest BCUT2D eigenvalue weighted by molar-refractivity contribution is -0.119. The SMILES string of the molecule is CCS(=O)(=O)CCCC(=O)CCNC(C)(C)C. The molecule has 0 rings (SSSR count). The summed E-state index contributed by atoms with van der Waals surface area (Å²) in [6.45, 7) is 8.43. The molecule has 0 unspecified atom stereocenters. The summed E-state index contributed by atoms with van der Waals surface area (Å²) in [5.41, 5.74) is 0.0197. The van der Waals surface area contributed by atoms with Crippen LogP contribution in [0.5, 0.6) is 0 Å². The summed E-state index contributed by atoms with van der Waals surface area (Å²) in [4.78, 5) is 11.5. The van der Waals surface area contributed by atoms with Crippen LogP contribution in [0.2, 0.25) is 0 Å². The van der Waals surface area contributed by atoms with Crippen LogP contribution in [0, 0.1) is 0 Å². The van der Waals surface area contributed by atoms with E-state index in [0.29, 0.717) is 25.8 Å². The lowest BCUT2D eigenvalue weighted by Crippen LogP contribution is -2.37. The van der Waals surface area contributed by atoms with E-state index >= 15 is 0 Å². The lowest BCUT2D eigenvalue weighted by Gasteiger charge is -2.20. The highest BCUT2D eigenvalue weighted by Gasteiger charge is 2.11. The van der Waals surface area contributed by atoms with E-state index in [1.54, 1.807) is 6.92 Å². The van der Waals surface area contributed by atoms with Crippen LogP contribution in [0.4, 0.5) is 0 Å². The van der Waals surface area contributed by atoms with Gasteiger partial charge in [-0.3, -0.25) is 4.79 Å². The van der Waals surface area contributed by atoms with Gasteiger partial charge < -0.3 is 5.32 Å². The molecule has 0 heterocycles. The summed E-state index contributed by atoms with van der Waals surface area (Å²) < 4.78 is 22.4. The Morgan fingerprint density at radius 1 is 1.18 bits per heavy atom. The van der Waals surface area contributed by atoms with Crippen molar-refractivity contribution in [2.24, 2.45) is 0 Å². The highest BCUT2D eigenvalue weighted by molar-refractivity contribution is 7.91. The van der Waals surface area contributed by atoms with Gasteiger partial charge in [0.1, 0.15) is 15.6 Å². The van der Waals surface area contributed by atoms with Crippen LogP contribution < -0.4 is 5.32 Å². The number of hydrogen-bond donors (Lipinski definition) is 1. The summed E-state index contributed by atoms with van der Waals surface area (Å²) in [6.07, 6.45) is 1.29. The molecule has 0 saturated carbocycles. The van der Waals surface area contributed by atoms with Gasteiger partial charge in [0.2, 0.25) is 0 Å². The number of sulfone groups is 1. The van der Waals surface area contributed by atoms with Gasteiger partial charge in [0.15, 0.2) is 0 Å². The number of carbonyl (C=O) groups is 1. The minimum absolute atomic E-state index is 0.0197. The van der Waals surface area contributed by atoms with E-state index in [1.165, 1.54) is 0 Å². The fourth-order valence-electron chi connectivity index (χ4n) is 1.34.